The average molecular weight is 265 g/mol. The number of rotatable bonds is 4. The lowest BCUT2D eigenvalue weighted by Gasteiger charge is -2.21. The van der Waals surface area contributed by atoms with E-state index < -0.39 is 5.60 Å². The van der Waals surface area contributed by atoms with Crippen molar-refractivity contribution in [2.45, 2.75) is 19.4 Å². The van der Waals surface area contributed by atoms with Crippen LogP contribution >= 0.6 is 11.3 Å². The molecule has 0 aromatic carbocycles. The summed E-state index contributed by atoms with van der Waals surface area (Å²) in [6.45, 7) is 3.53. The standard InChI is InChI=1S/C13H15NO3S/c1-9-5-6-11(17-9)13(2,16)8-14-12(15)10-4-3-7-18-10/h3-7,16H,8H2,1-2H3,(H,14,15). The van der Waals surface area contributed by atoms with Crippen molar-refractivity contribution in [3.05, 3.63) is 46.0 Å². The van der Waals surface area contributed by atoms with Gasteiger partial charge >= 0.3 is 0 Å². The molecule has 1 unspecified atom stereocenters. The molecule has 0 bridgehead atoms. The lowest BCUT2D eigenvalue weighted by molar-refractivity contribution is 0.0324. The Labute approximate surface area is 109 Å². The topological polar surface area (TPSA) is 62.5 Å². The van der Waals surface area contributed by atoms with Gasteiger partial charge in [-0.1, -0.05) is 6.07 Å². The summed E-state index contributed by atoms with van der Waals surface area (Å²) in [5, 5.41) is 14.8. The van der Waals surface area contributed by atoms with E-state index in [0.717, 1.165) is 5.76 Å². The summed E-state index contributed by atoms with van der Waals surface area (Å²) in [5.74, 6) is 0.995. The molecule has 4 nitrogen and oxygen atoms in total. The van der Waals surface area contributed by atoms with Gasteiger partial charge in [0.05, 0.1) is 11.4 Å². The fraction of sp³-hybridized carbons (Fsp3) is 0.308. The first-order valence-corrected chi connectivity index (χ1v) is 6.48. The monoisotopic (exact) mass is 265 g/mol. The zero-order valence-corrected chi connectivity index (χ0v) is 11.1. The molecule has 0 radical (unpaired) electrons. The Morgan fingerprint density at radius 2 is 2.28 bits per heavy atom. The van der Waals surface area contributed by atoms with Gasteiger partial charge in [-0.05, 0) is 37.4 Å². The lowest BCUT2D eigenvalue weighted by Crippen LogP contribution is -2.38. The first kappa shape index (κ1) is 12.9. The van der Waals surface area contributed by atoms with E-state index >= 15 is 0 Å². The Morgan fingerprint density at radius 1 is 1.50 bits per heavy atom. The highest BCUT2D eigenvalue weighted by Crippen LogP contribution is 2.22. The first-order chi connectivity index (χ1) is 8.49. The Hall–Kier alpha value is -1.59. The average Bonchev–Trinajstić information content (AvgIpc) is 2.96. The second-order valence-corrected chi connectivity index (χ2v) is 5.29. The van der Waals surface area contributed by atoms with Crippen LogP contribution in [-0.2, 0) is 5.60 Å². The van der Waals surface area contributed by atoms with Gasteiger partial charge in [0.2, 0.25) is 0 Å². The van der Waals surface area contributed by atoms with Crippen LogP contribution in [0.4, 0.5) is 0 Å². The number of hydrogen-bond acceptors (Lipinski definition) is 4. The molecule has 0 saturated heterocycles. The molecule has 0 aliphatic carbocycles. The number of carbonyl (C=O) groups is 1. The number of thiophene rings is 1. The molecule has 0 fully saturated rings. The van der Waals surface area contributed by atoms with E-state index in [1.54, 1.807) is 25.1 Å². The van der Waals surface area contributed by atoms with E-state index in [1.807, 2.05) is 18.4 Å². The Kier molecular flexibility index (Phi) is 3.54. The Balaban J connectivity index is 1.99. The van der Waals surface area contributed by atoms with Gasteiger partial charge in [0.15, 0.2) is 0 Å². The second kappa shape index (κ2) is 4.96. The molecule has 0 spiro atoms. The molecule has 0 aliphatic heterocycles. The van der Waals surface area contributed by atoms with Crippen molar-refractivity contribution in [2.24, 2.45) is 0 Å². The smallest absolute Gasteiger partial charge is 0.261 e. The lowest BCUT2D eigenvalue weighted by atomic mass is 10.0. The van der Waals surface area contributed by atoms with E-state index in [-0.39, 0.29) is 12.5 Å². The molecule has 1 atom stereocenters. The van der Waals surface area contributed by atoms with Crippen LogP contribution in [0.3, 0.4) is 0 Å². The van der Waals surface area contributed by atoms with Crippen LogP contribution in [0.5, 0.6) is 0 Å². The molecule has 2 rings (SSSR count). The minimum Gasteiger partial charge on any atom is -0.463 e. The van der Waals surface area contributed by atoms with E-state index in [2.05, 4.69) is 5.32 Å². The van der Waals surface area contributed by atoms with Crippen molar-refractivity contribution in [1.29, 1.82) is 0 Å². The third kappa shape index (κ3) is 2.80. The van der Waals surface area contributed by atoms with Crippen molar-refractivity contribution in [1.82, 2.24) is 5.32 Å². The van der Waals surface area contributed by atoms with E-state index in [4.69, 9.17) is 4.42 Å². The van der Waals surface area contributed by atoms with Crippen LogP contribution < -0.4 is 5.32 Å². The molecular weight excluding hydrogens is 250 g/mol. The van der Waals surface area contributed by atoms with E-state index in [0.29, 0.717) is 10.6 Å². The minimum absolute atomic E-state index is 0.108. The molecular formula is C13H15NO3S. The van der Waals surface area contributed by atoms with Crippen molar-refractivity contribution < 1.29 is 14.3 Å². The maximum absolute atomic E-state index is 11.7. The van der Waals surface area contributed by atoms with Crippen molar-refractivity contribution in [3.8, 4) is 0 Å². The highest BCUT2D eigenvalue weighted by atomic mass is 32.1. The highest BCUT2D eigenvalue weighted by Gasteiger charge is 2.27. The zero-order chi connectivity index (χ0) is 13.2. The number of aryl methyl sites for hydroxylation is 1. The number of furan rings is 1. The summed E-state index contributed by atoms with van der Waals surface area (Å²) in [7, 11) is 0. The molecule has 2 heterocycles. The van der Waals surface area contributed by atoms with Crippen LogP contribution in [0.2, 0.25) is 0 Å². The number of carbonyl (C=O) groups excluding carboxylic acids is 1. The molecule has 18 heavy (non-hydrogen) atoms. The van der Waals surface area contributed by atoms with Crippen LogP contribution in [0, 0.1) is 6.92 Å². The van der Waals surface area contributed by atoms with Gasteiger partial charge in [-0.25, -0.2) is 0 Å². The zero-order valence-electron chi connectivity index (χ0n) is 10.3. The quantitative estimate of drug-likeness (QED) is 0.891. The predicted molar refractivity (Wildman–Crippen MR) is 69.7 cm³/mol. The second-order valence-electron chi connectivity index (χ2n) is 4.34. The highest BCUT2D eigenvalue weighted by molar-refractivity contribution is 7.12. The van der Waals surface area contributed by atoms with Crippen LogP contribution in [0.25, 0.3) is 0 Å². The molecule has 0 saturated carbocycles. The van der Waals surface area contributed by atoms with Crippen molar-refractivity contribution in [2.75, 3.05) is 6.54 Å². The van der Waals surface area contributed by atoms with E-state index in [1.165, 1.54) is 11.3 Å². The summed E-state index contributed by atoms with van der Waals surface area (Å²) in [5.41, 5.74) is -1.21. The number of amides is 1. The third-order valence-corrected chi connectivity index (χ3v) is 3.48. The molecule has 2 aromatic heterocycles. The summed E-state index contributed by atoms with van der Waals surface area (Å²) >= 11 is 1.36. The summed E-state index contributed by atoms with van der Waals surface area (Å²) in [6.07, 6.45) is 0. The summed E-state index contributed by atoms with van der Waals surface area (Å²) < 4.78 is 5.37. The minimum atomic E-state index is -1.21. The fourth-order valence-corrected chi connectivity index (χ4v) is 2.20. The van der Waals surface area contributed by atoms with Gasteiger partial charge < -0.3 is 14.8 Å². The largest absolute Gasteiger partial charge is 0.463 e. The van der Waals surface area contributed by atoms with Gasteiger partial charge in [-0.3, -0.25) is 4.79 Å². The van der Waals surface area contributed by atoms with Crippen LogP contribution in [-0.4, -0.2) is 17.6 Å². The van der Waals surface area contributed by atoms with Crippen LogP contribution in [0.1, 0.15) is 28.1 Å². The maximum Gasteiger partial charge on any atom is 0.261 e. The Morgan fingerprint density at radius 3 is 2.83 bits per heavy atom. The molecule has 2 N–H and O–H groups in total. The summed E-state index contributed by atoms with van der Waals surface area (Å²) in [6, 6.07) is 7.05. The predicted octanol–water partition coefficient (Wildman–Crippen LogP) is 2.29. The van der Waals surface area contributed by atoms with E-state index in [9.17, 15) is 9.90 Å². The number of hydrogen-bond donors (Lipinski definition) is 2. The van der Waals surface area contributed by atoms with Gasteiger partial charge in [0, 0.05) is 0 Å². The van der Waals surface area contributed by atoms with Crippen LogP contribution in [0.15, 0.2) is 34.1 Å². The van der Waals surface area contributed by atoms with Crippen molar-refractivity contribution >= 4 is 17.2 Å². The summed E-state index contributed by atoms with van der Waals surface area (Å²) in [4.78, 5) is 12.4. The van der Waals surface area contributed by atoms with Gasteiger partial charge in [0.25, 0.3) is 5.91 Å². The van der Waals surface area contributed by atoms with Gasteiger partial charge in [-0.2, -0.15) is 0 Å². The number of nitrogens with one attached hydrogen (secondary N) is 1. The fourth-order valence-electron chi connectivity index (χ4n) is 1.56. The van der Waals surface area contributed by atoms with Crippen molar-refractivity contribution in [3.63, 3.8) is 0 Å². The molecule has 1 amide bonds. The Bertz CT molecular complexity index is 528. The number of aliphatic hydroxyl groups is 1. The molecule has 96 valence electrons. The van der Waals surface area contributed by atoms with Gasteiger partial charge in [-0.15, -0.1) is 11.3 Å². The third-order valence-electron chi connectivity index (χ3n) is 2.61. The van der Waals surface area contributed by atoms with Gasteiger partial charge in [0.1, 0.15) is 17.1 Å². The molecule has 0 aliphatic rings. The normalized spacial score (nSPS) is 14.2. The first-order valence-electron chi connectivity index (χ1n) is 5.60. The maximum atomic E-state index is 11.7. The molecule has 5 heteroatoms. The molecule has 2 aromatic rings. The SMILES string of the molecule is Cc1ccc(C(C)(O)CNC(=O)c2cccs2)o1.